The van der Waals surface area contributed by atoms with Crippen molar-refractivity contribution in [2.24, 2.45) is 0 Å². The standard InChI is InChI=1S/C16H13ClFN3S/c1-11-6-7-13(8-14(11)17)21-10-19-20-16(21)22-9-12-4-2-3-5-15(12)18/h2-8,10H,9H2,1H3. The second-order valence-corrected chi connectivity index (χ2v) is 6.15. The fourth-order valence-corrected chi connectivity index (χ4v) is 3.08. The Kier molecular flexibility index (Phi) is 4.45. The lowest BCUT2D eigenvalue weighted by atomic mass is 10.2. The number of benzene rings is 2. The second kappa shape index (κ2) is 6.50. The number of halogens is 2. The molecule has 0 N–H and O–H groups in total. The van der Waals surface area contributed by atoms with Crippen LogP contribution >= 0.6 is 23.4 Å². The normalized spacial score (nSPS) is 10.9. The molecule has 3 aromatic rings. The molecule has 0 saturated heterocycles. The Hall–Kier alpha value is -1.85. The number of aromatic nitrogens is 3. The molecule has 0 aliphatic rings. The maximum atomic E-state index is 13.7. The molecule has 3 rings (SSSR count). The van der Waals surface area contributed by atoms with E-state index in [0.717, 1.165) is 11.3 Å². The van der Waals surface area contributed by atoms with E-state index in [9.17, 15) is 4.39 Å². The van der Waals surface area contributed by atoms with Crippen molar-refractivity contribution in [3.8, 4) is 5.69 Å². The van der Waals surface area contributed by atoms with Crippen molar-refractivity contribution in [1.82, 2.24) is 14.8 Å². The molecule has 0 saturated carbocycles. The van der Waals surface area contributed by atoms with E-state index in [1.165, 1.54) is 17.8 Å². The van der Waals surface area contributed by atoms with Gasteiger partial charge in [0.05, 0.1) is 5.69 Å². The van der Waals surface area contributed by atoms with Crippen LogP contribution in [0, 0.1) is 12.7 Å². The van der Waals surface area contributed by atoms with Crippen LogP contribution in [0.25, 0.3) is 5.69 Å². The van der Waals surface area contributed by atoms with Gasteiger partial charge in [0.2, 0.25) is 0 Å². The molecule has 0 spiro atoms. The van der Waals surface area contributed by atoms with E-state index in [0.29, 0.717) is 21.5 Å². The Bertz CT molecular complexity index is 804. The molecule has 0 aliphatic carbocycles. The molecular weight excluding hydrogens is 321 g/mol. The van der Waals surface area contributed by atoms with Crippen LogP contribution in [-0.4, -0.2) is 14.8 Å². The molecule has 0 bridgehead atoms. The molecular formula is C16H13ClFN3S. The van der Waals surface area contributed by atoms with Crippen LogP contribution in [0.15, 0.2) is 53.9 Å². The highest BCUT2D eigenvalue weighted by Crippen LogP contribution is 2.26. The lowest BCUT2D eigenvalue weighted by molar-refractivity contribution is 0.617. The zero-order valence-corrected chi connectivity index (χ0v) is 13.4. The summed E-state index contributed by atoms with van der Waals surface area (Å²) in [5.41, 5.74) is 2.54. The zero-order chi connectivity index (χ0) is 15.5. The Balaban J connectivity index is 1.83. The van der Waals surface area contributed by atoms with Gasteiger partial charge < -0.3 is 0 Å². The highest BCUT2D eigenvalue weighted by Gasteiger charge is 2.10. The number of aryl methyl sites for hydroxylation is 1. The second-order valence-electron chi connectivity index (χ2n) is 4.80. The number of rotatable bonds is 4. The first-order valence-electron chi connectivity index (χ1n) is 6.68. The molecule has 0 atom stereocenters. The van der Waals surface area contributed by atoms with Gasteiger partial charge in [-0.3, -0.25) is 4.57 Å². The molecule has 6 heteroatoms. The van der Waals surface area contributed by atoms with Crippen LogP contribution in [0.5, 0.6) is 0 Å². The first kappa shape index (κ1) is 15.1. The topological polar surface area (TPSA) is 30.7 Å². The lowest BCUT2D eigenvalue weighted by Crippen LogP contribution is -1.96. The summed E-state index contributed by atoms with van der Waals surface area (Å²) in [5.74, 6) is 0.282. The van der Waals surface area contributed by atoms with Crippen LogP contribution in [0.1, 0.15) is 11.1 Å². The van der Waals surface area contributed by atoms with Crippen LogP contribution < -0.4 is 0 Å². The highest BCUT2D eigenvalue weighted by atomic mass is 35.5. The fourth-order valence-electron chi connectivity index (χ4n) is 1.99. The number of hydrogen-bond donors (Lipinski definition) is 0. The molecule has 3 nitrogen and oxygen atoms in total. The summed E-state index contributed by atoms with van der Waals surface area (Å²) in [5, 5.41) is 9.43. The predicted octanol–water partition coefficient (Wildman–Crippen LogP) is 4.66. The molecule has 22 heavy (non-hydrogen) atoms. The molecule has 1 aromatic heterocycles. The van der Waals surface area contributed by atoms with Gasteiger partial charge in [-0.2, -0.15) is 0 Å². The van der Waals surface area contributed by atoms with E-state index < -0.39 is 0 Å². The van der Waals surface area contributed by atoms with E-state index in [1.54, 1.807) is 18.5 Å². The quantitative estimate of drug-likeness (QED) is 0.650. The van der Waals surface area contributed by atoms with Crippen molar-refractivity contribution < 1.29 is 4.39 Å². The van der Waals surface area contributed by atoms with Crippen molar-refractivity contribution in [2.75, 3.05) is 0 Å². The molecule has 0 aliphatic heterocycles. The molecule has 1 heterocycles. The smallest absolute Gasteiger partial charge is 0.195 e. The Labute approximate surface area is 137 Å². The Morgan fingerprint density at radius 1 is 1.23 bits per heavy atom. The molecule has 0 radical (unpaired) electrons. The molecule has 0 amide bonds. The largest absolute Gasteiger partial charge is 0.277 e. The van der Waals surface area contributed by atoms with Crippen LogP contribution in [0.2, 0.25) is 5.02 Å². The van der Waals surface area contributed by atoms with Crippen molar-refractivity contribution in [2.45, 2.75) is 17.8 Å². The van der Waals surface area contributed by atoms with Crippen molar-refractivity contribution in [3.05, 3.63) is 70.8 Å². The predicted molar refractivity (Wildman–Crippen MR) is 87.1 cm³/mol. The van der Waals surface area contributed by atoms with E-state index in [1.807, 2.05) is 35.8 Å². The average Bonchev–Trinajstić information content (AvgIpc) is 2.98. The van der Waals surface area contributed by atoms with Gasteiger partial charge in [0.15, 0.2) is 5.16 Å². The average molecular weight is 334 g/mol. The summed E-state index contributed by atoms with van der Waals surface area (Å²) in [7, 11) is 0. The summed E-state index contributed by atoms with van der Waals surface area (Å²) in [6, 6.07) is 12.5. The first-order chi connectivity index (χ1) is 10.6. The number of thioether (sulfide) groups is 1. The zero-order valence-electron chi connectivity index (χ0n) is 11.8. The van der Waals surface area contributed by atoms with Crippen LogP contribution in [-0.2, 0) is 5.75 Å². The van der Waals surface area contributed by atoms with Gasteiger partial charge in [0.25, 0.3) is 0 Å². The van der Waals surface area contributed by atoms with E-state index in [-0.39, 0.29) is 5.82 Å². The summed E-state index contributed by atoms with van der Waals surface area (Å²) in [6.45, 7) is 1.95. The third-order valence-corrected chi connectivity index (χ3v) is 4.66. The molecule has 0 unspecified atom stereocenters. The third-order valence-electron chi connectivity index (χ3n) is 3.26. The summed E-state index contributed by atoms with van der Waals surface area (Å²) in [4.78, 5) is 0. The lowest BCUT2D eigenvalue weighted by Gasteiger charge is -2.08. The summed E-state index contributed by atoms with van der Waals surface area (Å²) >= 11 is 7.60. The highest BCUT2D eigenvalue weighted by molar-refractivity contribution is 7.98. The maximum Gasteiger partial charge on any atom is 0.195 e. The van der Waals surface area contributed by atoms with Crippen LogP contribution in [0.3, 0.4) is 0 Å². The molecule has 2 aromatic carbocycles. The SMILES string of the molecule is Cc1ccc(-n2cnnc2SCc2ccccc2F)cc1Cl. The monoisotopic (exact) mass is 333 g/mol. The fraction of sp³-hybridized carbons (Fsp3) is 0.125. The van der Waals surface area contributed by atoms with Crippen molar-refractivity contribution >= 4 is 23.4 Å². The maximum absolute atomic E-state index is 13.7. The Morgan fingerprint density at radius 2 is 2.05 bits per heavy atom. The van der Waals surface area contributed by atoms with Gasteiger partial charge in [-0.1, -0.05) is 47.6 Å². The minimum absolute atomic E-state index is 0.209. The number of hydrogen-bond acceptors (Lipinski definition) is 3. The van der Waals surface area contributed by atoms with Gasteiger partial charge >= 0.3 is 0 Å². The van der Waals surface area contributed by atoms with Gasteiger partial charge in [0.1, 0.15) is 12.1 Å². The minimum Gasteiger partial charge on any atom is -0.277 e. The summed E-state index contributed by atoms with van der Waals surface area (Å²) < 4.78 is 15.5. The van der Waals surface area contributed by atoms with Gasteiger partial charge in [-0.25, -0.2) is 4.39 Å². The van der Waals surface area contributed by atoms with Crippen LogP contribution in [0.4, 0.5) is 4.39 Å². The first-order valence-corrected chi connectivity index (χ1v) is 8.04. The van der Waals surface area contributed by atoms with E-state index in [2.05, 4.69) is 10.2 Å². The van der Waals surface area contributed by atoms with E-state index >= 15 is 0 Å². The van der Waals surface area contributed by atoms with Crippen molar-refractivity contribution in [1.29, 1.82) is 0 Å². The summed E-state index contributed by atoms with van der Waals surface area (Å²) in [6.07, 6.45) is 1.63. The molecule has 112 valence electrons. The van der Waals surface area contributed by atoms with Gasteiger partial charge in [-0.15, -0.1) is 10.2 Å². The van der Waals surface area contributed by atoms with Gasteiger partial charge in [0, 0.05) is 10.8 Å². The van der Waals surface area contributed by atoms with E-state index in [4.69, 9.17) is 11.6 Å². The van der Waals surface area contributed by atoms with Crippen molar-refractivity contribution in [3.63, 3.8) is 0 Å². The minimum atomic E-state index is -0.209. The van der Waals surface area contributed by atoms with Gasteiger partial charge in [-0.05, 0) is 36.2 Å². The number of nitrogens with zero attached hydrogens (tertiary/aromatic N) is 3. The third kappa shape index (κ3) is 3.15. The molecule has 0 fully saturated rings. The Morgan fingerprint density at radius 3 is 2.82 bits per heavy atom.